The molecule has 0 saturated heterocycles. The van der Waals surface area contributed by atoms with E-state index in [4.69, 9.17) is 0 Å². The van der Waals surface area contributed by atoms with E-state index in [9.17, 15) is 14.9 Å². The van der Waals surface area contributed by atoms with Gasteiger partial charge < -0.3 is 15.4 Å². The molecule has 21 heavy (non-hydrogen) atoms. The molecular formula is C13H9BrN4O3. The Bertz CT molecular complexity index is 810. The van der Waals surface area contributed by atoms with Crippen LogP contribution in [-0.4, -0.2) is 20.4 Å². The third-order valence-electron chi connectivity index (χ3n) is 3.22. The van der Waals surface area contributed by atoms with Crippen molar-refractivity contribution in [2.75, 3.05) is 5.32 Å². The molecule has 1 N–H and O–H groups in total. The quantitative estimate of drug-likeness (QED) is 0.513. The van der Waals surface area contributed by atoms with Crippen LogP contribution in [0.25, 0.3) is 11.6 Å². The first-order chi connectivity index (χ1) is 9.97. The Balaban J connectivity index is 2.11. The van der Waals surface area contributed by atoms with Crippen LogP contribution in [0, 0.1) is 10.1 Å². The topological polar surface area (TPSA) is 90.1 Å². The van der Waals surface area contributed by atoms with Gasteiger partial charge in [-0.2, -0.15) is 0 Å². The lowest BCUT2D eigenvalue weighted by molar-refractivity contribution is -0.391. The average molecular weight is 349 g/mol. The molecule has 0 unspecified atom stereocenters. The number of hydrogen-bond acceptors (Lipinski definition) is 4. The summed E-state index contributed by atoms with van der Waals surface area (Å²) in [5.41, 5.74) is 1.87. The van der Waals surface area contributed by atoms with Crippen molar-refractivity contribution < 1.29 is 9.72 Å². The Morgan fingerprint density at radius 3 is 2.90 bits per heavy atom. The van der Waals surface area contributed by atoms with Gasteiger partial charge in [0, 0.05) is 21.8 Å². The van der Waals surface area contributed by atoms with E-state index in [2.05, 4.69) is 26.2 Å². The van der Waals surface area contributed by atoms with Crippen LogP contribution in [-0.2, 0) is 11.8 Å². The highest BCUT2D eigenvalue weighted by Crippen LogP contribution is 2.35. The molecule has 106 valence electrons. The van der Waals surface area contributed by atoms with E-state index in [0.29, 0.717) is 17.1 Å². The second kappa shape index (κ2) is 4.81. The second-order valence-electron chi connectivity index (χ2n) is 4.49. The van der Waals surface area contributed by atoms with E-state index in [1.165, 1.54) is 17.8 Å². The minimum Gasteiger partial charge on any atom is -0.358 e. The minimum atomic E-state index is -0.520. The lowest BCUT2D eigenvalue weighted by atomic mass is 10.1. The molecule has 0 fully saturated rings. The number of carbonyl (C=O) groups excluding carboxylic acids is 1. The highest BCUT2D eigenvalue weighted by Gasteiger charge is 2.26. The van der Waals surface area contributed by atoms with E-state index in [1.807, 2.05) is 12.1 Å². The van der Waals surface area contributed by atoms with Gasteiger partial charge in [-0.05, 0) is 23.1 Å². The molecule has 3 rings (SSSR count). The molecular weight excluding hydrogens is 340 g/mol. The van der Waals surface area contributed by atoms with Crippen LogP contribution in [0.15, 0.2) is 28.9 Å². The molecule has 8 heteroatoms. The van der Waals surface area contributed by atoms with E-state index in [-0.39, 0.29) is 11.7 Å². The first-order valence-electron chi connectivity index (χ1n) is 5.96. The van der Waals surface area contributed by atoms with Crippen LogP contribution in [0.2, 0.25) is 0 Å². The third kappa shape index (κ3) is 2.23. The number of nitro groups is 1. The molecule has 2 aromatic rings. The van der Waals surface area contributed by atoms with Gasteiger partial charge in [-0.25, -0.2) is 9.55 Å². The van der Waals surface area contributed by atoms with Crippen LogP contribution in [0.4, 0.5) is 11.5 Å². The lowest BCUT2D eigenvalue weighted by Crippen LogP contribution is -2.04. The number of hydrogen-bond donors (Lipinski definition) is 1. The molecule has 1 aromatic carbocycles. The first kappa shape index (κ1) is 13.5. The molecule has 0 atom stereocenters. The molecule has 1 amide bonds. The number of carbonyl (C=O) groups is 1. The Hall–Kier alpha value is -2.48. The smallest absolute Gasteiger partial charge is 0.342 e. The highest BCUT2D eigenvalue weighted by atomic mass is 79.9. The number of anilines is 1. The summed E-state index contributed by atoms with van der Waals surface area (Å²) in [6, 6.07) is 5.43. The molecule has 0 radical (unpaired) electrons. The van der Waals surface area contributed by atoms with Crippen LogP contribution in [0.5, 0.6) is 0 Å². The van der Waals surface area contributed by atoms with Crippen LogP contribution >= 0.6 is 15.9 Å². The number of imidazole rings is 1. The Labute approximate surface area is 127 Å². The summed E-state index contributed by atoms with van der Waals surface area (Å²) in [4.78, 5) is 26.3. The maximum atomic E-state index is 12.0. The molecule has 1 aliphatic heterocycles. The second-order valence-corrected chi connectivity index (χ2v) is 5.41. The van der Waals surface area contributed by atoms with Crippen molar-refractivity contribution in [2.24, 2.45) is 7.05 Å². The minimum absolute atomic E-state index is 0.130. The average Bonchev–Trinajstić information content (AvgIpc) is 2.93. The summed E-state index contributed by atoms with van der Waals surface area (Å²) >= 11 is 3.36. The summed E-state index contributed by atoms with van der Waals surface area (Å²) in [6.45, 7) is 0. The molecule has 0 bridgehead atoms. The van der Waals surface area contributed by atoms with Gasteiger partial charge in [0.25, 0.3) is 5.91 Å². The van der Waals surface area contributed by atoms with Crippen LogP contribution in [0.3, 0.4) is 0 Å². The van der Waals surface area contributed by atoms with Crippen LogP contribution < -0.4 is 5.32 Å². The third-order valence-corrected chi connectivity index (χ3v) is 3.72. The van der Waals surface area contributed by atoms with Crippen molar-refractivity contribution in [3.05, 3.63) is 50.4 Å². The monoisotopic (exact) mass is 348 g/mol. The van der Waals surface area contributed by atoms with Gasteiger partial charge in [-0.1, -0.05) is 15.9 Å². The summed E-state index contributed by atoms with van der Waals surface area (Å²) in [5.74, 6) is -0.0388. The van der Waals surface area contributed by atoms with Crippen molar-refractivity contribution >= 4 is 45.0 Å². The van der Waals surface area contributed by atoms with Gasteiger partial charge in [0.15, 0.2) is 0 Å². The molecule has 0 aliphatic carbocycles. The number of halogens is 1. The first-order valence-corrected chi connectivity index (χ1v) is 6.76. The molecule has 7 nitrogen and oxygen atoms in total. The zero-order chi connectivity index (χ0) is 15.1. The van der Waals surface area contributed by atoms with Gasteiger partial charge in [0.1, 0.15) is 6.20 Å². The number of nitrogens with zero attached hydrogens (tertiary/aromatic N) is 3. The van der Waals surface area contributed by atoms with Gasteiger partial charge in [-0.3, -0.25) is 4.79 Å². The molecule has 0 spiro atoms. The van der Waals surface area contributed by atoms with Crippen LogP contribution in [0.1, 0.15) is 11.4 Å². The zero-order valence-corrected chi connectivity index (χ0v) is 12.4. The predicted molar refractivity (Wildman–Crippen MR) is 80.5 cm³/mol. The zero-order valence-electron chi connectivity index (χ0n) is 10.8. The van der Waals surface area contributed by atoms with Gasteiger partial charge in [0.2, 0.25) is 5.82 Å². The van der Waals surface area contributed by atoms with Crippen molar-refractivity contribution in [3.63, 3.8) is 0 Å². The number of amides is 1. The van der Waals surface area contributed by atoms with E-state index < -0.39 is 4.92 Å². The normalized spacial score (nSPS) is 15.1. The lowest BCUT2D eigenvalue weighted by Gasteiger charge is -1.99. The summed E-state index contributed by atoms with van der Waals surface area (Å²) in [7, 11) is 1.53. The number of aromatic nitrogens is 2. The fourth-order valence-corrected chi connectivity index (χ4v) is 2.51. The summed E-state index contributed by atoms with van der Waals surface area (Å²) < 4.78 is 2.17. The predicted octanol–water partition coefficient (Wildman–Crippen LogP) is 2.58. The van der Waals surface area contributed by atoms with E-state index in [1.54, 1.807) is 12.1 Å². The fourth-order valence-electron chi connectivity index (χ4n) is 2.15. The SMILES string of the molecule is Cn1c([N+](=O)[O-])cnc1/C=C1/C(=O)Nc2ccc(Br)cc21. The van der Waals surface area contributed by atoms with Gasteiger partial charge in [-0.15, -0.1) is 0 Å². The van der Waals surface area contributed by atoms with E-state index in [0.717, 1.165) is 10.0 Å². The van der Waals surface area contributed by atoms with Crippen molar-refractivity contribution in [3.8, 4) is 0 Å². The Morgan fingerprint density at radius 1 is 1.48 bits per heavy atom. The maximum absolute atomic E-state index is 12.0. The highest BCUT2D eigenvalue weighted by molar-refractivity contribution is 9.10. The Kier molecular flexibility index (Phi) is 3.09. The summed E-state index contributed by atoms with van der Waals surface area (Å²) in [5, 5.41) is 13.6. The van der Waals surface area contributed by atoms with Crippen molar-refractivity contribution in [2.45, 2.75) is 0 Å². The molecule has 1 aliphatic rings. The van der Waals surface area contributed by atoms with Crippen molar-refractivity contribution in [1.82, 2.24) is 9.55 Å². The number of nitrogens with one attached hydrogen (secondary N) is 1. The number of rotatable bonds is 2. The van der Waals surface area contributed by atoms with Gasteiger partial charge >= 0.3 is 5.82 Å². The van der Waals surface area contributed by atoms with E-state index >= 15 is 0 Å². The summed E-state index contributed by atoms with van der Waals surface area (Å²) in [6.07, 6.45) is 2.71. The fraction of sp³-hybridized carbons (Fsp3) is 0.0769. The molecule has 0 saturated carbocycles. The number of benzene rings is 1. The molecule has 1 aromatic heterocycles. The maximum Gasteiger partial charge on any atom is 0.342 e. The number of fused-ring (bicyclic) bond motifs is 1. The largest absolute Gasteiger partial charge is 0.358 e. The Morgan fingerprint density at radius 2 is 2.24 bits per heavy atom. The standard InChI is InChI=1S/C13H9BrN4O3/c1-17-11(15-6-12(17)18(20)21)5-9-8-4-7(14)2-3-10(8)16-13(9)19/h2-6H,1H3,(H,16,19)/b9-5+. The van der Waals surface area contributed by atoms with Gasteiger partial charge in [0.05, 0.1) is 12.6 Å². The molecule has 2 heterocycles. The van der Waals surface area contributed by atoms with Crippen molar-refractivity contribution in [1.29, 1.82) is 0 Å².